The molecule has 15 heavy (non-hydrogen) atoms. The number of methoxy groups -OCH3 is 1. The minimum Gasteiger partial charge on any atom is -0.367 e. The van der Waals surface area contributed by atoms with Crippen LogP contribution in [0, 0.1) is 0 Å². The van der Waals surface area contributed by atoms with Crippen molar-refractivity contribution in [2.24, 2.45) is 7.05 Å². The summed E-state index contributed by atoms with van der Waals surface area (Å²) in [5.74, 6) is 0. The van der Waals surface area contributed by atoms with Crippen molar-refractivity contribution in [1.82, 2.24) is 4.57 Å². The minimum absolute atomic E-state index is 0.0906. The lowest BCUT2D eigenvalue weighted by molar-refractivity contribution is -0.216. The van der Waals surface area contributed by atoms with Crippen molar-refractivity contribution in [3.8, 4) is 0 Å². The number of hydrogen-bond acceptors (Lipinski definition) is 2. The van der Waals surface area contributed by atoms with Gasteiger partial charge in [-0.25, -0.2) is 0 Å². The number of rotatable bonds is 2. The average molecular weight is 221 g/mol. The second-order valence-corrected chi connectivity index (χ2v) is 3.07. The van der Waals surface area contributed by atoms with E-state index in [1.54, 1.807) is 0 Å². The van der Waals surface area contributed by atoms with Crippen molar-refractivity contribution in [2.45, 2.75) is 12.3 Å². The Kier molecular flexibility index (Phi) is 3.18. The molecule has 6 heteroatoms. The summed E-state index contributed by atoms with van der Waals surface area (Å²) in [5, 5.41) is 0. The molecule has 1 heterocycles. The fourth-order valence-corrected chi connectivity index (χ4v) is 1.23. The van der Waals surface area contributed by atoms with Gasteiger partial charge < -0.3 is 9.30 Å². The maximum atomic E-state index is 12.4. The van der Waals surface area contributed by atoms with E-state index in [0.29, 0.717) is 0 Å². The molecule has 0 amide bonds. The molecule has 0 aliphatic heterocycles. The van der Waals surface area contributed by atoms with Crippen LogP contribution in [0.2, 0.25) is 0 Å². The number of pyridine rings is 1. The van der Waals surface area contributed by atoms with E-state index in [9.17, 15) is 18.0 Å². The first-order chi connectivity index (χ1) is 6.86. The van der Waals surface area contributed by atoms with Crippen LogP contribution in [0.3, 0.4) is 0 Å². The molecule has 1 atom stereocenters. The first-order valence-corrected chi connectivity index (χ1v) is 4.12. The Morgan fingerprint density at radius 3 is 2.40 bits per heavy atom. The zero-order chi connectivity index (χ0) is 11.6. The molecule has 0 aromatic carbocycles. The minimum atomic E-state index is -4.48. The van der Waals surface area contributed by atoms with Gasteiger partial charge in [-0.1, -0.05) is 0 Å². The fraction of sp³-hybridized carbons (Fsp3) is 0.444. The van der Waals surface area contributed by atoms with E-state index in [2.05, 4.69) is 4.74 Å². The van der Waals surface area contributed by atoms with Gasteiger partial charge in [-0.15, -0.1) is 0 Å². The van der Waals surface area contributed by atoms with Crippen LogP contribution in [0.25, 0.3) is 0 Å². The summed E-state index contributed by atoms with van der Waals surface area (Å²) in [6, 6.07) is 2.19. The monoisotopic (exact) mass is 221 g/mol. The zero-order valence-electron chi connectivity index (χ0n) is 8.21. The van der Waals surface area contributed by atoms with Crippen LogP contribution in [0.15, 0.2) is 23.1 Å². The molecule has 0 saturated heterocycles. The number of aryl methyl sites for hydroxylation is 1. The van der Waals surface area contributed by atoms with Gasteiger partial charge >= 0.3 is 6.18 Å². The Bertz CT molecular complexity index is 397. The van der Waals surface area contributed by atoms with Crippen molar-refractivity contribution in [2.75, 3.05) is 7.11 Å². The summed E-state index contributed by atoms with van der Waals surface area (Å²) in [4.78, 5) is 11.0. The van der Waals surface area contributed by atoms with Gasteiger partial charge in [0.05, 0.1) is 0 Å². The zero-order valence-corrected chi connectivity index (χ0v) is 8.21. The van der Waals surface area contributed by atoms with E-state index < -0.39 is 12.3 Å². The summed E-state index contributed by atoms with van der Waals surface area (Å²) in [6.45, 7) is 0. The van der Waals surface area contributed by atoms with Crippen LogP contribution in [0.1, 0.15) is 11.7 Å². The summed E-state index contributed by atoms with van der Waals surface area (Å²) < 4.78 is 42.7. The first kappa shape index (κ1) is 11.8. The third kappa shape index (κ3) is 2.59. The lowest BCUT2D eigenvalue weighted by Crippen LogP contribution is -2.25. The lowest BCUT2D eigenvalue weighted by atomic mass is 10.1. The summed E-state index contributed by atoms with van der Waals surface area (Å²) >= 11 is 0. The highest BCUT2D eigenvalue weighted by molar-refractivity contribution is 5.14. The molecule has 0 aliphatic carbocycles. The molecule has 3 nitrogen and oxygen atoms in total. The SMILES string of the molecule is COC(c1ccc(=O)n(C)c1)C(F)(F)F. The van der Waals surface area contributed by atoms with Crippen molar-refractivity contribution in [3.05, 3.63) is 34.2 Å². The molecule has 1 aromatic heterocycles. The molecule has 1 aromatic rings. The third-order valence-electron chi connectivity index (χ3n) is 1.94. The number of hydrogen-bond donors (Lipinski definition) is 0. The Labute approximate surface area is 84.1 Å². The Hall–Kier alpha value is -1.30. The number of alkyl halides is 3. The first-order valence-electron chi connectivity index (χ1n) is 4.12. The number of halogens is 3. The highest BCUT2D eigenvalue weighted by Gasteiger charge is 2.41. The molecule has 1 rings (SSSR count). The predicted molar refractivity (Wildman–Crippen MR) is 47.5 cm³/mol. The van der Waals surface area contributed by atoms with Crippen molar-refractivity contribution >= 4 is 0 Å². The third-order valence-corrected chi connectivity index (χ3v) is 1.94. The summed E-state index contributed by atoms with van der Waals surface area (Å²) in [6.07, 6.45) is -5.36. The molecule has 0 radical (unpaired) electrons. The van der Waals surface area contributed by atoms with E-state index in [1.165, 1.54) is 7.05 Å². The smallest absolute Gasteiger partial charge is 0.367 e. The topological polar surface area (TPSA) is 31.2 Å². The Balaban J connectivity index is 3.14. The van der Waals surface area contributed by atoms with E-state index >= 15 is 0 Å². The normalized spacial score (nSPS) is 13.9. The Morgan fingerprint density at radius 1 is 1.40 bits per heavy atom. The number of nitrogens with zero attached hydrogens (tertiary/aromatic N) is 1. The highest BCUT2D eigenvalue weighted by Crippen LogP contribution is 2.34. The van der Waals surface area contributed by atoms with Gasteiger partial charge in [0, 0.05) is 32.0 Å². The molecule has 84 valence electrons. The second-order valence-electron chi connectivity index (χ2n) is 3.07. The van der Waals surface area contributed by atoms with Crippen LogP contribution in [0.4, 0.5) is 13.2 Å². The molecule has 0 bridgehead atoms. The molecule has 0 spiro atoms. The molecular formula is C9H10F3NO2. The highest BCUT2D eigenvalue weighted by atomic mass is 19.4. The van der Waals surface area contributed by atoms with Crippen molar-refractivity contribution in [1.29, 1.82) is 0 Å². The van der Waals surface area contributed by atoms with Crippen LogP contribution in [-0.4, -0.2) is 17.9 Å². The van der Waals surface area contributed by atoms with Gasteiger partial charge in [0.25, 0.3) is 0 Å². The largest absolute Gasteiger partial charge is 0.418 e. The van der Waals surface area contributed by atoms with E-state index in [-0.39, 0.29) is 11.1 Å². The quantitative estimate of drug-likeness (QED) is 0.760. The maximum absolute atomic E-state index is 12.4. The maximum Gasteiger partial charge on any atom is 0.418 e. The van der Waals surface area contributed by atoms with E-state index in [1.807, 2.05) is 0 Å². The summed E-state index contributed by atoms with van der Waals surface area (Å²) in [7, 11) is 2.36. The Morgan fingerprint density at radius 2 is 2.00 bits per heavy atom. The van der Waals surface area contributed by atoms with Crippen LogP contribution >= 0.6 is 0 Å². The molecule has 0 N–H and O–H groups in total. The van der Waals surface area contributed by atoms with Crippen LogP contribution in [-0.2, 0) is 11.8 Å². The van der Waals surface area contributed by atoms with Gasteiger partial charge in [-0.05, 0) is 6.07 Å². The standard InChI is InChI=1S/C9H10F3NO2/c1-13-5-6(3-4-7(13)14)8(15-2)9(10,11)12/h3-5,8H,1-2H3. The molecule has 0 aliphatic rings. The van der Waals surface area contributed by atoms with Gasteiger partial charge in [-0.3, -0.25) is 4.79 Å². The van der Waals surface area contributed by atoms with Crippen molar-refractivity contribution in [3.63, 3.8) is 0 Å². The van der Waals surface area contributed by atoms with Gasteiger partial charge in [0.2, 0.25) is 5.56 Å². The fourth-order valence-electron chi connectivity index (χ4n) is 1.23. The average Bonchev–Trinajstić information content (AvgIpc) is 2.10. The molecular weight excluding hydrogens is 211 g/mol. The van der Waals surface area contributed by atoms with Gasteiger partial charge in [-0.2, -0.15) is 13.2 Å². The molecule has 0 fully saturated rings. The molecule has 1 unspecified atom stereocenters. The van der Waals surface area contributed by atoms with Crippen LogP contribution in [0.5, 0.6) is 0 Å². The summed E-state index contributed by atoms with van der Waals surface area (Å²) in [5.41, 5.74) is -0.456. The predicted octanol–water partition coefficient (Wildman–Crippen LogP) is 1.64. The van der Waals surface area contributed by atoms with E-state index in [4.69, 9.17) is 0 Å². The van der Waals surface area contributed by atoms with Gasteiger partial charge in [0.15, 0.2) is 6.10 Å². The molecule has 0 saturated carbocycles. The number of ether oxygens (including phenoxy) is 1. The van der Waals surface area contributed by atoms with E-state index in [0.717, 1.165) is 30.0 Å². The second kappa shape index (κ2) is 4.06. The van der Waals surface area contributed by atoms with Gasteiger partial charge in [0.1, 0.15) is 0 Å². The van der Waals surface area contributed by atoms with Crippen molar-refractivity contribution < 1.29 is 17.9 Å². The number of aromatic nitrogens is 1. The van der Waals surface area contributed by atoms with Crippen LogP contribution < -0.4 is 5.56 Å². The lowest BCUT2D eigenvalue weighted by Gasteiger charge is -2.19.